The van der Waals surface area contributed by atoms with Crippen LogP contribution in [0.2, 0.25) is 0 Å². The lowest BCUT2D eigenvalue weighted by atomic mass is 9.96. The SMILES string of the molecule is Cc1cc(C(=O)N2CCN(C(=O)NC3CCCCC3)CC2)c(C)n1C. The molecule has 2 heterocycles. The van der Waals surface area contributed by atoms with Crippen LogP contribution in [0.1, 0.15) is 53.8 Å². The van der Waals surface area contributed by atoms with Crippen LogP contribution in [-0.2, 0) is 7.05 Å². The molecule has 138 valence electrons. The molecule has 6 nitrogen and oxygen atoms in total. The normalized spacial score (nSPS) is 19.2. The van der Waals surface area contributed by atoms with Crippen molar-refractivity contribution < 1.29 is 9.59 Å². The molecule has 1 aromatic rings. The van der Waals surface area contributed by atoms with Gasteiger partial charge in [0.15, 0.2) is 0 Å². The van der Waals surface area contributed by atoms with Crippen LogP contribution in [0.4, 0.5) is 4.79 Å². The third kappa shape index (κ3) is 3.83. The summed E-state index contributed by atoms with van der Waals surface area (Å²) in [7, 11) is 1.98. The van der Waals surface area contributed by atoms with E-state index in [0.717, 1.165) is 29.8 Å². The molecule has 0 radical (unpaired) electrons. The maximum absolute atomic E-state index is 12.8. The van der Waals surface area contributed by atoms with E-state index < -0.39 is 0 Å². The first kappa shape index (κ1) is 17.8. The Morgan fingerprint density at radius 1 is 1.00 bits per heavy atom. The van der Waals surface area contributed by atoms with E-state index in [2.05, 4.69) is 5.32 Å². The van der Waals surface area contributed by atoms with E-state index >= 15 is 0 Å². The van der Waals surface area contributed by atoms with E-state index in [4.69, 9.17) is 0 Å². The maximum atomic E-state index is 12.8. The summed E-state index contributed by atoms with van der Waals surface area (Å²) in [6.07, 6.45) is 5.89. The molecular weight excluding hydrogens is 316 g/mol. The highest BCUT2D eigenvalue weighted by atomic mass is 16.2. The Bertz CT molecular complexity index is 638. The number of hydrogen-bond acceptors (Lipinski definition) is 2. The average Bonchev–Trinajstić information content (AvgIpc) is 2.89. The minimum atomic E-state index is 0.0331. The van der Waals surface area contributed by atoms with Crippen LogP contribution in [0.3, 0.4) is 0 Å². The summed E-state index contributed by atoms with van der Waals surface area (Å²) in [5.74, 6) is 0.0774. The van der Waals surface area contributed by atoms with Gasteiger partial charge in [0, 0.05) is 50.7 Å². The van der Waals surface area contributed by atoms with Crippen LogP contribution in [0.25, 0.3) is 0 Å². The van der Waals surface area contributed by atoms with Gasteiger partial charge in [0.2, 0.25) is 0 Å². The van der Waals surface area contributed by atoms with E-state index in [0.29, 0.717) is 32.2 Å². The van der Waals surface area contributed by atoms with Crippen LogP contribution in [-0.4, -0.2) is 58.5 Å². The number of hydrogen-bond donors (Lipinski definition) is 1. The lowest BCUT2D eigenvalue weighted by Gasteiger charge is -2.36. The monoisotopic (exact) mass is 346 g/mol. The minimum Gasteiger partial charge on any atom is -0.351 e. The summed E-state index contributed by atoms with van der Waals surface area (Å²) in [5.41, 5.74) is 2.87. The standard InChI is InChI=1S/C19H30N4O2/c1-14-13-17(15(2)21(14)3)18(24)22-9-11-23(12-10-22)19(25)20-16-7-5-4-6-8-16/h13,16H,4-12H2,1-3H3,(H,20,25). The minimum absolute atomic E-state index is 0.0331. The lowest BCUT2D eigenvalue weighted by molar-refractivity contribution is 0.0661. The molecule has 0 bridgehead atoms. The fourth-order valence-electron chi connectivity index (χ4n) is 3.87. The number of aromatic nitrogens is 1. The number of aryl methyl sites for hydroxylation is 1. The number of rotatable bonds is 2. The predicted molar refractivity (Wildman–Crippen MR) is 97.8 cm³/mol. The number of urea groups is 1. The van der Waals surface area contributed by atoms with Gasteiger partial charge in [-0.05, 0) is 32.8 Å². The first-order valence-electron chi connectivity index (χ1n) is 9.45. The number of piperazine rings is 1. The molecule has 0 unspecified atom stereocenters. The first-order valence-corrected chi connectivity index (χ1v) is 9.45. The Morgan fingerprint density at radius 2 is 1.60 bits per heavy atom. The molecular formula is C19H30N4O2. The van der Waals surface area contributed by atoms with Crippen LogP contribution in [0.15, 0.2) is 6.07 Å². The van der Waals surface area contributed by atoms with Gasteiger partial charge in [0.25, 0.3) is 5.91 Å². The van der Waals surface area contributed by atoms with Crippen molar-refractivity contribution in [3.05, 3.63) is 23.0 Å². The highest BCUT2D eigenvalue weighted by molar-refractivity contribution is 5.96. The zero-order valence-corrected chi connectivity index (χ0v) is 15.7. The van der Waals surface area contributed by atoms with Gasteiger partial charge in [-0.1, -0.05) is 19.3 Å². The fourth-order valence-corrected chi connectivity index (χ4v) is 3.87. The van der Waals surface area contributed by atoms with Crippen molar-refractivity contribution in [2.75, 3.05) is 26.2 Å². The Balaban J connectivity index is 1.53. The highest BCUT2D eigenvalue weighted by Crippen LogP contribution is 2.19. The number of amides is 3. The lowest BCUT2D eigenvalue weighted by Crippen LogP contribution is -2.54. The van der Waals surface area contributed by atoms with Gasteiger partial charge in [-0.2, -0.15) is 0 Å². The second-order valence-corrected chi connectivity index (χ2v) is 7.41. The summed E-state index contributed by atoms with van der Waals surface area (Å²) in [6.45, 7) is 6.41. The Morgan fingerprint density at radius 3 is 2.16 bits per heavy atom. The van der Waals surface area contributed by atoms with E-state index in [1.807, 2.05) is 41.3 Å². The summed E-state index contributed by atoms with van der Waals surface area (Å²) in [4.78, 5) is 28.9. The van der Waals surface area contributed by atoms with Crippen molar-refractivity contribution in [3.8, 4) is 0 Å². The van der Waals surface area contributed by atoms with Gasteiger partial charge in [0.05, 0.1) is 5.56 Å². The Labute approximate surface area is 150 Å². The smallest absolute Gasteiger partial charge is 0.317 e. The zero-order chi connectivity index (χ0) is 18.0. The molecule has 25 heavy (non-hydrogen) atoms. The average molecular weight is 346 g/mol. The van der Waals surface area contributed by atoms with Crippen LogP contribution >= 0.6 is 0 Å². The largest absolute Gasteiger partial charge is 0.351 e. The molecule has 1 aliphatic carbocycles. The third-order valence-electron chi connectivity index (χ3n) is 5.79. The molecule has 1 N–H and O–H groups in total. The van der Waals surface area contributed by atoms with Crippen molar-refractivity contribution in [2.24, 2.45) is 7.05 Å². The van der Waals surface area contributed by atoms with E-state index in [-0.39, 0.29) is 11.9 Å². The number of nitrogens with zero attached hydrogens (tertiary/aromatic N) is 3. The molecule has 3 rings (SSSR count). The van der Waals surface area contributed by atoms with Crippen molar-refractivity contribution in [2.45, 2.75) is 52.0 Å². The number of nitrogens with one attached hydrogen (secondary N) is 1. The molecule has 1 aliphatic heterocycles. The van der Waals surface area contributed by atoms with Crippen LogP contribution in [0.5, 0.6) is 0 Å². The van der Waals surface area contributed by atoms with Gasteiger partial charge in [0.1, 0.15) is 0 Å². The second-order valence-electron chi connectivity index (χ2n) is 7.41. The van der Waals surface area contributed by atoms with E-state index in [1.54, 1.807) is 0 Å². The highest BCUT2D eigenvalue weighted by Gasteiger charge is 2.27. The molecule has 2 aliphatic rings. The molecule has 2 fully saturated rings. The Hall–Kier alpha value is -1.98. The van der Waals surface area contributed by atoms with Gasteiger partial charge >= 0.3 is 6.03 Å². The molecule has 1 saturated carbocycles. The topological polar surface area (TPSA) is 57.6 Å². The van der Waals surface area contributed by atoms with Crippen molar-refractivity contribution in [1.82, 2.24) is 19.7 Å². The summed E-state index contributed by atoms with van der Waals surface area (Å²) < 4.78 is 2.04. The van der Waals surface area contributed by atoms with Gasteiger partial charge < -0.3 is 19.7 Å². The third-order valence-corrected chi connectivity index (χ3v) is 5.79. The van der Waals surface area contributed by atoms with E-state index in [9.17, 15) is 9.59 Å². The first-order chi connectivity index (χ1) is 12.0. The van der Waals surface area contributed by atoms with Gasteiger partial charge in [-0.25, -0.2) is 4.79 Å². The van der Waals surface area contributed by atoms with E-state index in [1.165, 1.54) is 19.3 Å². The summed E-state index contributed by atoms with van der Waals surface area (Å²) in [6, 6.07) is 2.32. The molecule has 0 spiro atoms. The van der Waals surface area contributed by atoms with Gasteiger partial charge in [-0.15, -0.1) is 0 Å². The quantitative estimate of drug-likeness (QED) is 0.894. The maximum Gasteiger partial charge on any atom is 0.317 e. The fraction of sp³-hybridized carbons (Fsp3) is 0.684. The molecule has 0 atom stereocenters. The van der Waals surface area contributed by atoms with Crippen LogP contribution in [0, 0.1) is 13.8 Å². The number of carbonyl (C=O) groups excluding carboxylic acids is 2. The summed E-state index contributed by atoms with van der Waals surface area (Å²) in [5, 5.41) is 3.16. The predicted octanol–water partition coefficient (Wildman–Crippen LogP) is 2.44. The molecule has 1 saturated heterocycles. The molecule has 0 aromatic carbocycles. The zero-order valence-electron chi connectivity index (χ0n) is 15.7. The van der Waals surface area contributed by atoms with Crippen molar-refractivity contribution >= 4 is 11.9 Å². The van der Waals surface area contributed by atoms with Crippen LogP contribution < -0.4 is 5.32 Å². The van der Waals surface area contributed by atoms with Gasteiger partial charge in [-0.3, -0.25) is 4.79 Å². The molecule has 1 aromatic heterocycles. The summed E-state index contributed by atoms with van der Waals surface area (Å²) >= 11 is 0. The molecule has 3 amide bonds. The number of carbonyl (C=O) groups is 2. The van der Waals surface area contributed by atoms with Crippen molar-refractivity contribution in [3.63, 3.8) is 0 Å². The van der Waals surface area contributed by atoms with Crippen molar-refractivity contribution in [1.29, 1.82) is 0 Å². The molecule has 6 heteroatoms. The Kier molecular flexibility index (Phi) is 5.35. The second kappa shape index (κ2) is 7.50.